The van der Waals surface area contributed by atoms with E-state index in [4.69, 9.17) is 18.9 Å². The molecule has 29 heavy (non-hydrogen) atoms. The number of ether oxygens (including phenoxy) is 4. The van der Waals surface area contributed by atoms with Crippen molar-refractivity contribution in [3.05, 3.63) is 58.8 Å². The zero-order valence-electron chi connectivity index (χ0n) is 16.3. The molecule has 6 heteroatoms. The lowest BCUT2D eigenvalue weighted by molar-refractivity contribution is 0.0274. The second-order valence-electron chi connectivity index (χ2n) is 7.55. The van der Waals surface area contributed by atoms with Crippen LogP contribution in [0.5, 0.6) is 17.2 Å². The van der Waals surface area contributed by atoms with Gasteiger partial charge in [-0.05, 0) is 48.7 Å². The number of hydrogen-bond donors (Lipinski definition) is 0. The number of allylic oxidation sites excluding steroid dienone is 1. The van der Waals surface area contributed by atoms with Crippen LogP contribution in [0.2, 0.25) is 0 Å². The van der Waals surface area contributed by atoms with Crippen molar-refractivity contribution in [3.8, 4) is 17.2 Å². The van der Waals surface area contributed by atoms with Gasteiger partial charge in [-0.25, -0.2) is 0 Å². The van der Waals surface area contributed by atoms with E-state index in [2.05, 4.69) is 4.90 Å². The van der Waals surface area contributed by atoms with Gasteiger partial charge < -0.3 is 18.9 Å². The summed E-state index contributed by atoms with van der Waals surface area (Å²) >= 11 is 0. The Morgan fingerprint density at radius 1 is 1.21 bits per heavy atom. The number of ketones is 1. The van der Waals surface area contributed by atoms with E-state index in [1.807, 2.05) is 30.3 Å². The van der Waals surface area contributed by atoms with Crippen LogP contribution in [0.15, 0.2) is 42.2 Å². The molecule has 1 fully saturated rings. The number of benzene rings is 2. The first-order valence-corrected chi connectivity index (χ1v) is 9.92. The lowest BCUT2D eigenvalue weighted by Gasteiger charge is -2.31. The van der Waals surface area contributed by atoms with Gasteiger partial charge in [0, 0.05) is 19.7 Å². The highest BCUT2D eigenvalue weighted by molar-refractivity contribution is 6.15. The van der Waals surface area contributed by atoms with E-state index < -0.39 is 0 Å². The van der Waals surface area contributed by atoms with Crippen LogP contribution in [0.25, 0.3) is 6.08 Å². The van der Waals surface area contributed by atoms with Crippen molar-refractivity contribution in [3.63, 3.8) is 0 Å². The number of carbonyl (C=O) groups is 1. The van der Waals surface area contributed by atoms with E-state index in [9.17, 15) is 4.79 Å². The Balaban J connectivity index is 1.39. The molecule has 0 spiro atoms. The minimum atomic E-state index is -0.102. The molecule has 0 aliphatic carbocycles. The van der Waals surface area contributed by atoms with Crippen molar-refractivity contribution in [2.75, 3.05) is 27.0 Å². The maximum Gasteiger partial charge on any atom is 0.231 e. The molecule has 1 saturated heterocycles. The molecule has 0 aromatic heterocycles. The highest BCUT2D eigenvalue weighted by Gasteiger charge is 2.34. The standard InChI is InChI=1S/C23H23NO5/c1-26-16-6-4-15(5-7-16)11-21-22(25)18-8-9-20-19(23(18)29-21)13-24(14-28-20)12-17-3-2-10-27-17/h4-9,11,17H,2-3,10,12-14H2,1H3. The molecule has 0 saturated carbocycles. The molecular weight excluding hydrogens is 370 g/mol. The Kier molecular flexibility index (Phi) is 4.73. The molecule has 0 bridgehead atoms. The Bertz CT molecular complexity index is 960. The molecule has 6 nitrogen and oxygen atoms in total. The van der Waals surface area contributed by atoms with Gasteiger partial charge in [0.25, 0.3) is 0 Å². The van der Waals surface area contributed by atoms with Crippen LogP contribution >= 0.6 is 0 Å². The summed E-state index contributed by atoms with van der Waals surface area (Å²) in [6, 6.07) is 11.2. The van der Waals surface area contributed by atoms with Gasteiger partial charge in [-0.15, -0.1) is 0 Å². The van der Waals surface area contributed by atoms with E-state index >= 15 is 0 Å². The SMILES string of the molecule is COc1ccc(C=C2Oc3c(ccc4c3CN(CC3CCCO3)CO4)C2=O)cc1. The van der Waals surface area contributed by atoms with Crippen LogP contribution < -0.4 is 14.2 Å². The molecule has 0 amide bonds. The summed E-state index contributed by atoms with van der Waals surface area (Å²) in [5.74, 6) is 2.39. The molecule has 5 rings (SSSR count). The van der Waals surface area contributed by atoms with Gasteiger partial charge in [-0.1, -0.05) is 12.1 Å². The first kappa shape index (κ1) is 18.2. The molecular formula is C23H23NO5. The monoisotopic (exact) mass is 393 g/mol. The quantitative estimate of drug-likeness (QED) is 0.740. The van der Waals surface area contributed by atoms with Gasteiger partial charge in [-0.2, -0.15) is 0 Å². The molecule has 2 aromatic rings. The van der Waals surface area contributed by atoms with Gasteiger partial charge >= 0.3 is 0 Å². The normalized spacial score (nSPS) is 22.2. The Morgan fingerprint density at radius 2 is 2.07 bits per heavy atom. The van der Waals surface area contributed by atoms with E-state index in [-0.39, 0.29) is 11.9 Å². The van der Waals surface area contributed by atoms with Crippen molar-refractivity contribution in [2.45, 2.75) is 25.5 Å². The van der Waals surface area contributed by atoms with Crippen LogP contribution in [-0.4, -0.2) is 43.8 Å². The molecule has 3 heterocycles. The summed E-state index contributed by atoms with van der Waals surface area (Å²) < 4.78 is 22.9. The average Bonchev–Trinajstić information content (AvgIpc) is 3.37. The lowest BCUT2D eigenvalue weighted by atomic mass is 10.0. The Labute approximate surface area is 169 Å². The predicted octanol–water partition coefficient (Wildman–Crippen LogP) is 3.64. The molecule has 1 unspecified atom stereocenters. The number of hydrogen-bond acceptors (Lipinski definition) is 6. The van der Waals surface area contributed by atoms with Gasteiger partial charge in [0.05, 0.1) is 24.3 Å². The second kappa shape index (κ2) is 7.54. The largest absolute Gasteiger partial charge is 0.497 e. The average molecular weight is 393 g/mol. The number of rotatable bonds is 4. The second-order valence-corrected chi connectivity index (χ2v) is 7.55. The highest BCUT2D eigenvalue weighted by Crippen LogP contribution is 2.42. The molecule has 2 aromatic carbocycles. The molecule has 3 aliphatic rings. The zero-order valence-corrected chi connectivity index (χ0v) is 16.3. The molecule has 0 radical (unpaired) electrons. The summed E-state index contributed by atoms with van der Waals surface area (Å²) in [6.45, 7) is 2.86. The van der Waals surface area contributed by atoms with Crippen LogP contribution in [-0.2, 0) is 11.3 Å². The minimum Gasteiger partial charge on any atom is -0.497 e. The van der Waals surface area contributed by atoms with Crippen molar-refractivity contribution in [1.82, 2.24) is 4.90 Å². The van der Waals surface area contributed by atoms with E-state index in [0.29, 0.717) is 30.3 Å². The smallest absolute Gasteiger partial charge is 0.231 e. The van der Waals surface area contributed by atoms with E-state index in [0.717, 1.165) is 48.6 Å². The summed E-state index contributed by atoms with van der Waals surface area (Å²) in [5.41, 5.74) is 2.40. The summed E-state index contributed by atoms with van der Waals surface area (Å²) in [7, 11) is 1.63. The van der Waals surface area contributed by atoms with Crippen LogP contribution in [0, 0.1) is 0 Å². The summed E-state index contributed by atoms with van der Waals surface area (Å²) in [4.78, 5) is 15.1. The number of fused-ring (bicyclic) bond motifs is 3. The first-order chi connectivity index (χ1) is 14.2. The van der Waals surface area contributed by atoms with Crippen LogP contribution in [0.3, 0.4) is 0 Å². The van der Waals surface area contributed by atoms with Gasteiger partial charge in [0.15, 0.2) is 5.76 Å². The maximum atomic E-state index is 12.9. The highest BCUT2D eigenvalue weighted by atomic mass is 16.5. The van der Waals surface area contributed by atoms with Crippen LogP contribution in [0.1, 0.15) is 34.3 Å². The number of Topliss-reactive ketones (excluding diaryl/α,β-unsaturated/α-hetero) is 1. The molecule has 150 valence electrons. The van der Waals surface area contributed by atoms with Gasteiger partial charge in [-0.3, -0.25) is 9.69 Å². The van der Waals surface area contributed by atoms with Gasteiger partial charge in [0.2, 0.25) is 5.78 Å². The minimum absolute atomic E-state index is 0.102. The number of carbonyl (C=O) groups excluding carboxylic acids is 1. The molecule has 0 N–H and O–H groups in total. The fourth-order valence-corrected chi connectivity index (χ4v) is 4.05. The lowest BCUT2D eigenvalue weighted by Crippen LogP contribution is -2.37. The van der Waals surface area contributed by atoms with Crippen molar-refractivity contribution in [2.24, 2.45) is 0 Å². The number of methoxy groups -OCH3 is 1. The van der Waals surface area contributed by atoms with Crippen molar-refractivity contribution >= 4 is 11.9 Å². The third-order valence-corrected chi connectivity index (χ3v) is 5.58. The van der Waals surface area contributed by atoms with Crippen molar-refractivity contribution in [1.29, 1.82) is 0 Å². The van der Waals surface area contributed by atoms with E-state index in [1.165, 1.54) is 0 Å². The predicted molar refractivity (Wildman–Crippen MR) is 107 cm³/mol. The maximum absolute atomic E-state index is 12.9. The van der Waals surface area contributed by atoms with Gasteiger partial charge in [0.1, 0.15) is 24.0 Å². The first-order valence-electron chi connectivity index (χ1n) is 9.92. The Hall–Kier alpha value is -2.83. The zero-order chi connectivity index (χ0) is 19.8. The molecule has 1 atom stereocenters. The third kappa shape index (κ3) is 3.50. The summed E-state index contributed by atoms with van der Waals surface area (Å²) in [6.07, 6.45) is 4.22. The fourth-order valence-electron chi connectivity index (χ4n) is 4.05. The van der Waals surface area contributed by atoms with Crippen LogP contribution in [0.4, 0.5) is 0 Å². The topological polar surface area (TPSA) is 57.2 Å². The summed E-state index contributed by atoms with van der Waals surface area (Å²) in [5, 5.41) is 0. The molecule has 3 aliphatic heterocycles. The van der Waals surface area contributed by atoms with E-state index in [1.54, 1.807) is 19.3 Å². The number of nitrogens with zero attached hydrogens (tertiary/aromatic N) is 1. The van der Waals surface area contributed by atoms with Crippen molar-refractivity contribution < 1.29 is 23.7 Å². The Morgan fingerprint density at radius 3 is 2.83 bits per heavy atom. The third-order valence-electron chi connectivity index (χ3n) is 5.58. The fraction of sp³-hybridized carbons (Fsp3) is 0.348.